The lowest BCUT2D eigenvalue weighted by Gasteiger charge is -2.31. The van der Waals surface area contributed by atoms with Gasteiger partial charge in [-0.15, -0.1) is 0 Å². The van der Waals surface area contributed by atoms with Crippen molar-refractivity contribution >= 4 is 11.9 Å². The van der Waals surface area contributed by atoms with Crippen molar-refractivity contribution < 1.29 is 14.0 Å². The number of aryl methyl sites for hydroxylation is 1. The lowest BCUT2D eigenvalue weighted by Crippen LogP contribution is -2.42. The summed E-state index contributed by atoms with van der Waals surface area (Å²) in [4.78, 5) is 30.7. The second-order valence-corrected chi connectivity index (χ2v) is 7.72. The molecule has 2 aromatic rings. The summed E-state index contributed by atoms with van der Waals surface area (Å²) in [7, 11) is 3.42. The number of H-pyrrole nitrogens is 1. The van der Waals surface area contributed by atoms with Crippen molar-refractivity contribution in [1.82, 2.24) is 30.1 Å². The van der Waals surface area contributed by atoms with Crippen LogP contribution in [0.25, 0.3) is 0 Å². The quantitative estimate of drug-likeness (QED) is 0.851. The van der Waals surface area contributed by atoms with Gasteiger partial charge in [-0.1, -0.05) is 12.1 Å². The molecule has 1 aromatic heterocycles. The van der Waals surface area contributed by atoms with Gasteiger partial charge in [0.15, 0.2) is 5.69 Å². The normalized spacial score (nSPS) is 23.8. The Kier molecular flexibility index (Phi) is 4.52. The molecule has 1 aromatic carbocycles. The monoisotopic (exact) mass is 386 g/mol. The van der Waals surface area contributed by atoms with Crippen molar-refractivity contribution in [3.63, 3.8) is 0 Å². The number of nitrogens with one attached hydrogen (secondary N) is 1. The molecule has 9 heteroatoms. The first kappa shape index (κ1) is 18.4. The maximum Gasteiger partial charge on any atom is 0.320 e. The fourth-order valence-corrected chi connectivity index (χ4v) is 4.42. The lowest BCUT2D eigenvalue weighted by atomic mass is 9.89. The van der Waals surface area contributed by atoms with E-state index in [2.05, 4.69) is 15.4 Å². The van der Waals surface area contributed by atoms with Crippen molar-refractivity contribution in [2.24, 2.45) is 11.8 Å². The Morgan fingerprint density at radius 1 is 1.21 bits per heavy atom. The Labute approximate surface area is 162 Å². The molecule has 0 radical (unpaired) electrons. The number of benzene rings is 1. The summed E-state index contributed by atoms with van der Waals surface area (Å²) in [5.41, 5.74) is 1.64. The van der Waals surface area contributed by atoms with Crippen LogP contribution in [0.3, 0.4) is 0 Å². The van der Waals surface area contributed by atoms with Gasteiger partial charge in [0.05, 0.1) is 11.7 Å². The zero-order valence-corrected chi connectivity index (χ0v) is 16.1. The molecule has 0 aliphatic carbocycles. The molecule has 4 rings (SSSR count). The second kappa shape index (κ2) is 6.88. The zero-order valence-electron chi connectivity index (χ0n) is 16.1. The predicted octanol–water partition coefficient (Wildman–Crippen LogP) is 1.68. The summed E-state index contributed by atoms with van der Waals surface area (Å²) in [6.07, 6.45) is 0. The Morgan fingerprint density at radius 3 is 2.64 bits per heavy atom. The topological polar surface area (TPSA) is 85.4 Å². The van der Waals surface area contributed by atoms with Crippen LogP contribution in [0.4, 0.5) is 9.18 Å². The van der Waals surface area contributed by atoms with Crippen molar-refractivity contribution in [3.8, 4) is 0 Å². The average Bonchev–Trinajstić information content (AvgIpc) is 3.33. The Bertz CT molecular complexity index is 913. The Hall–Kier alpha value is -2.97. The smallest absolute Gasteiger partial charge is 0.320 e. The minimum Gasteiger partial charge on any atom is -0.336 e. The summed E-state index contributed by atoms with van der Waals surface area (Å²) < 4.78 is 13.9. The number of aromatic nitrogens is 3. The Morgan fingerprint density at radius 2 is 2.00 bits per heavy atom. The molecule has 0 saturated carbocycles. The van der Waals surface area contributed by atoms with Gasteiger partial charge < -0.3 is 14.7 Å². The molecule has 3 amide bonds. The maximum absolute atomic E-state index is 13.9. The van der Waals surface area contributed by atoms with E-state index >= 15 is 0 Å². The molecule has 8 nitrogen and oxygen atoms in total. The molecule has 1 N–H and O–H groups in total. The molecule has 3 atom stereocenters. The van der Waals surface area contributed by atoms with Crippen LogP contribution >= 0.6 is 0 Å². The van der Waals surface area contributed by atoms with Gasteiger partial charge in [0.2, 0.25) is 0 Å². The molecule has 0 spiro atoms. The molecule has 2 aliphatic heterocycles. The van der Waals surface area contributed by atoms with Gasteiger partial charge in [0, 0.05) is 45.6 Å². The van der Waals surface area contributed by atoms with Crippen LogP contribution in [-0.2, 0) is 0 Å². The number of hydrogen-bond donors (Lipinski definition) is 1. The van der Waals surface area contributed by atoms with Gasteiger partial charge in [0.25, 0.3) is 5.91 Å². The Balaban J connectivity index is 1.63. The summed E-state index contributed by atoms with van der Waals surface area (Å²) in [5, 5.41) is 10.4. The van der Waals surface area contributed by atoms with Crippen molar-refractivity contribution in [1.29, 1.82) is 0 Å². The first-order valence-electron chi connectivity index (χ1n) is 9.27. The molecule has 2 aliphatic rings. The number of hydrogen-bond acceptors (Lipinski definition) is 4. The number of likely N-dealkylation sites (tertiary alicyclic amines) is 2. The molecular formula is C19H23FN6O2. The van der Waals surface area contributed by atoms with Crippen LogP contribution in [0.2, 0.25) is 0 Å². The summed E-state index contributed by atoms with van der Waals surface area (Å²) >= 11 is 0. The minimum absolute atomic E-state index is 0.0434. The maximum atomic E-state index is 13.9. The van der Waals surface area contributed by atoms with Crippen LogP contribution < -0.4 is 0 Å². The summed E-state index contributed by atoms with van der Waals surface area (Å²) in [6, 6.07) is 6.01. The number of fused-ring (bicyclic) bond motifs is 1. The third kappa shape index (κ3) is 3.00. The molecule has 2 saturated heterocycles. The van der Waals surface area contributed by atoms with E-state index in [1.54, 1.807) is 36.9 Å². The first-order chi connectivity index (χ1) is 13.4. The van der Waals surface area contributed by atoms with E-state index in [0.29, 0.717) is 31.0 Å². The minimum atomic E-state index is -0.331. The molecule has 0 bridgehead atoms. The molecular weight excluding hydrogens is 363 g/mol. The van der Waals surface area contributed by atoms with E-state index in [1.165, 1.54) is 17.0 Å². The number of carbonyl (C=O) groups excluding carboxylic acids is 2. The van der Waals surface area contributed by atoms with Crippen LogP contribution in [-0.4, -0.2) is 75.8 Å². The molecule has 3 heterocycles. The molecule has 0 unspecified atom stereocenters. The van der Waals surface area contributed by atoms with E-state index in [1.807, 2.05) is 6.07 Å². The fraction of sp³-hybridized carbons (Fsp3) is 0.474. The number of rotatable bonds is 2. The van der Waals surface area contributed by atoms with E-state index in [4.69, 9.17) is 0 Å². The van der Waals surface area contributed by atoms with E-state index in [9.17, 15) is 14.0 Å². The fourth-order valence-electron chi connectivity index (χ4n) is 4.42. The van der Waals surface area contributed by atoms with E-state index in [-0.39, 0.29) is 35.6 Å². The van der Waals surface area contributed by atoms with Crippen LogP contribution in [0.5, 0.6) is 0 Å². The third-order valence-electron chi connectivity index (χ3n) is 5.69. The van der Waals surface area contributed by atoms with Crippen LogP contribution in [0.15, 0.2) is 24.3 Å². The molecule has 2 fully saturated rings. The highest BCUT2D eigenvalue weighted by Gasteiger charge is 2.50. The van der Waals surface area contributed by atoms with E-state index in [0.717, 1.165) is 5.56 Å². The summed E-state index contributed by atoms with van der Waals surface area (Å²) in [6.45, 7) is 3.30. The summed E-state index contributed by atoms with van der Waals surface area (Å²) in [5.74, 6) is -0.318. The number of urea groups is 1. The number of halogens is 1. The van der Waals surface area contributed by atoms with Gasteiger partial charge in [-0.05, 0) is 24.6 Å². The van der Waals surface area contributed by atoms with Gasteiger partial charge in [-0.3, -0.25) is 4.79 Å². The van der Waals surface area contributed by atoms with Crippen LogP contribution in [0.1, 0.15) is 27.8 Å². The zero-order chi connectivity index (χ0) is 20.0. The average molecular weight is 386 g/mol. The van der Waals surface area contributed by atoms with Crippen molar-refractivity contribution in [2.75, 3.05) is 33.7 Å². The SMILES string of the molecule is Cc1n[nH]nc1C(=O)N1C[C@@H]2CN(C(=O)N(C)C)[C@H](c3cccc(F)c3)[C@@H]2C1. The van der Waals surface area contributed by atoms with Gasteiger partial charge in [-0.2, -0.15) is 15.4 Å². The lowest BCUT2D eigenvalue weighted by molar-refractivity contribution is 0.0760. The highest BCUT2D eigenvalue weighted by atomic mass is 19.1. The van der Waals surface area contributed by atoms with Crippen LogP contribution in [0, 0.1) is 24.6 Å². The number of nitrogens with zero attached hydrogens (tertiary/aromatic N) is 5. The predicted molar refractivity (Wildman–Crippen MR) is 98.9 cm³/mol. The number of aromatic amines is 1. The second-order valence-electron chi connectivity index (χ2n) is 7.72. The van der Waals surface area contributed by atoms with Crippen molar-refractivity contribution in [2.45, 2.75) is 13.0 Å². The van der Waals surface area contributed by atoms with Crippen molar-refractivity contribution in [3.05, 3.63) is 47.0 Å². The van der Waals surface area contributed by atoms with Gasteiger partial charge in [-0.25, -0.2) is 9.18 Å². The molecule has 28 heavy (non-hydrogen) atoms. The van der Waals surface area contributed by atoms with E-state index < -0.39 is 0 Å². The first-order valence-corrected chi connectivity index (χ1v) is 9.27. The number of amides is 3. The van der Waals surface area contributed by atoms with Gasteiger partial charge in [0.1, 0.15) is 5.82 Å². The molecule has 148 valence electrons. The highest BCUT2D eigenvalue weighted by molar-refractivity contribution is 5.93. The number of carbonyl (C=O) groups is 2. The highest BCUT2D eigenvalue weighted by Crippen LogP contribution is 2.45. The third-order valence-corrected chi connectivity index (χ3v) is 5.69. The van der Waals surface area contributed by atoms with Gasteiger partial charge >= 0.3 is 6.03 Å². The standard InChI is InChI=1S/C19H23FN6O2/c1-11-16(22-23-21-11)18(27)25-8-13-9-26(19(28)24(2)3)17(15(13)10-25)12-5-4-6-14(20)7-12/h4-7,13,15,17H,8-10H2,1-3H3,(H,21,22,23)/t13-,15-,17-/m1/s1. The largest absolute Gasteiger partial charge is 0.336 e.